The van der Waals surface area contributed by atoms with E-state index in [1.54, 1.807) is 12.1 Å². The predicted molar refractivity (Wildman–Crippen MR) is 143 cm³/mol. The van der Waals surface area contributed by atoms with Crippen LogP contribution in [0.5, 0.6) is 0 Å². The Kier molecular flexibility index (Phi) is 4.24. The van der Waals surface area contributed by atoms with Crippen molar-refractivity contribution in [3.05, 3.63) is 114 Å². The van der Waals surface area contributed by atoms with Crippen LogP contribution in [0.4, 0.5) is 5.69 Å². The summed E-state index contributed by atoms with van der Waals surface area (Å²) in [5.41, 5.74) is 7.69. The first-order chi connectivity index (χ1) is 17.8. The highest BCUT2D eigenvalue weighted by molar-refractivity contribution is 6.30. The zero-order chi connectivity index (χ0) is 24.2. The summed E-state index contributed by atoms with van der Waals surface area (Å²) in [6.45, 7) is 7.56. The van der Waals surface area contributed by atoms with Crippen molar-refractivity contribution in [2.75, 3.05) is 0 Å². The molecule has 0 amide bonds. The Bertz CT molecular complexity index is 1930. The summed E-state index contributed by atoms with van der Waals surface area (Å²) < 4.78 is 13.1. The van der Waals surface area contributed by atoms with E-state index >= 15 is 0 Å². The second-order valence-electron chi connectivity index (χ2n) is 8.71. The summed E-state index contributed by atoms with van der Waals surface area (Å²) in [5.74, 6) is 0. The Labute approximate surface area is 206 Å². The van der Waals surface area contributed by atoms with Crippen molar-refractivity contribution in [2.24, 2.45) is 0 Å². The van der Waals surface area contributed by atoms with E-state index in [4.69, 9.17) is 15.4 Å². The first kappa shape index (κ1) is 20.1. The molecule has 0 fully saturated rings. The second-order valence-corrected chi connectivity index (χ2v) is 8.71. The molecule has 0 atom stereocenters. The largest absolute Gasteiger partial charge is 0.455 e. The minimum absolute atomic E-state index is 0.559. The number of nitrogens with zero attached hydrogens (tertiary/aromatic N) is 2. The molecular weight excluding hydrogens is 444 g/mol. The number of para-hydroxylation sites is 2. The third-order valence-electron chi connectivity index (χ3n) is 6.69. The summed E-state index contributed by atoms with van der Waals surface area (Å²) in [4.78, 5) is 3.66. The minimum Gasteiger partial charge on any atom is -0.455 e. The molecule has 4 heteroatoms. The van der Waals surface area contributed by atoms with Crippen molar-refractivity contribution in [3.63, 3.8) is 0 Å². The monoisotopic (exact) mass is 460 g/mol. The van der Waals surface area contributed by atoms with Crippen LogP contribution < -0.4 is 0 Å². The number of nitriles is 1. The van der Waals surface area contributed by atoms with Crippen LogP contribution in [0, 0.1) is 17.9 Å². The number of fused-ring (bicyclic) bond motifs is 6. The van der Waals surface area contributed by atoms with E-state index in [-0.39, 0.29) is 0 Å². The first-order valence-electron chi connectivity index (χ1n) is 11.5. The molecule has 2 heterocycles. The van der Waals surface area contributed by atoms with E-state index in [1.165, 1.54) is 0 Å². The highest BCUT2D eigenvalue weighted by atomic mass is 16.3. The zero-order valence-corrected chi connectivity index (χ0v) is 18.9. The van der Waals surface area contributed by atoms with Gasteiger partial charge in [0.05, 0.1) is 18.2 Å². The van der Waals surface area contributed by atoms with Crippen LogP contribution in [0.3, 0.4) is 0 Å². The van der Waals surface area contributed by atoms with Gasteiger partial charge < -0.3 is 8.83 Å². The van der Waals surface area contributed by atoms with Crippen LogP contribution in [0.2, 0.25) is 0 Å². The minimum atomic E-state index is 0.559. The van der Waals surface area contributed by atoms with Gasteiger partial charge in [0.25, 0.3) is 0 Å². The summed E-state index contributed by atoms with van der Waals surface area (Å²) in [7, 11) is 0. The van der Waals surface area contributed by atoms with Crippen molar-refractivity contribution >= 4 is 49.6 Å². The fraction of sp³-hybridized carbons (Fsp3) is 0. The van der Waals surface area contributed by atoms with Crippen LogP contribution in [-0.2, 0) is 0 Å². The van der Waals surface area contributed by atoms with Crippen molar-refractivity contribution < 1.29 is 8.83 Å². The maximum atomic E-state index is 9.61. The average Bonchev–Trinajstić information content (AvgIpc) is 3.50. The molecule has 0 spiro atoms. The van der Waals surface area contributed by atoms with E-state index in [2.05, 4.69) is 10.9 Å². The maximum absolute atomic E-state index is 9.61. The average molecular weight is 460 g/mol. The van der Waals surface area contributed by atoms with E-state index in [0.29, 0.717) is 11.3 Å². The van der Waals surface area contributed by atoms with Crippen LogP contribution in [0.1, 0.15) is 5.56 Å². The van der Waals surface area contributed by atoms with Crippen molar-refractivity contribution in [3.8, 4) is 28.3 Å². The van der Waals surface area contributed by atoms with Crippen LogP contribution in [0.25, 0.3) is 71.0 Å². The molecule has 7 rings (SSSR count). The van der Waals surface area contributed by atoms with Crippen LogP contribution >= 0.6 is 0 Å². The Morgan fingerprint density at radius 2 is 1.19 bits per heavy atom. The lowest BCUT2D eigenvalue weighted by Crippen LogP contribution is -1.88. The lowest BCUT2D eigenvalue weighted by atomic mass is 9.90. The number of hydrogen-bond donors (Lipinski definition) is 0. The standard InChI is InChI=1S/C32H16N2O2/c1-34-22-11-7-10-21(17-22)28-30-24-13-3-5-15-26(24)35-31(30)27(20-9-6-8-19(16-20)18-33)29-23-12-2-4-14-25(23)36-32(28)29/h2-17H. The van der Waals surface area contributed by atoms with Gasteiger partial charge in [0.2, 0.25) is 0 Å². The summed E-state index contributed by atoms with van der Waals surface area (Å²) in [5, 5.41) is 13.4. The molecule has 36 heavy (non-hydrogen) atoms. The van der Waals surface area contributed by atoms with E-state index in [9.17, 15) is 5.26 Å². The van der Waals surface area contributed by atoms with Crippen LogP contribution in [-0.4, -0.2) is 0 Å². The molecule has 0 N–H and O–H groups in total. The molecule has 0 radical (unpaired) electrons. The molecule has 0 saturated heterocycles. The maximum Gasteiger partial charge on any atom is 0.187 e. The fourth-order valence-corrected chi connectivity index (χ4v) is 5.19. The highest BCUT2D eigenvalue weighted by Crippen LogP contribution is 2.50. The van der Waals surface area contributed by atoms with Gasteiger partial charge in [-0.3, -0.25) is 0 Å². The number of rotatable bonds is 2. The molecule has 2 aromatic heterocycles. The third kappa shape index (κ3) is 2.79. The Morgan fingerprint density at radius 1 is 0.639 bits per heavy atom. The number of hydrogen-bond acceptors (Lipinski definition) is 3. The molecule has 166 valence electrons. The van der Waals surface area contributed by atoms with Gasteiger partial charge in [-0.15, -0.1) is 0 Å². The van der Waals surface area contributed by atoms with Gasteiger partial charge in [-0.1, -0.05) is 66.7 Å². The van der Waals surface area contributed by atoms with E-state index < -0.39 is 0 Å². The quantitative estimate of drug-likeness (QED) is 0.242. The Morgan fingerprint density at radius 3 is 1.78 bits per heavy atom. The van der Waals surface area contributed by atoms with Gasteiger partial charge in [0.1, 0.15) is 22.3 Å². The molecule has 5 aromatic carbocycles. The summed E-state index contributed by atoms with van der Waals surface area (Å²) >= 11 is 0. The number of benzene rings is 5. The van der Waals surface area contributed by atoms with Crippen LogP contribution in [0.15, 0.2) is 106 Å². The smallest absolute Gasteiger partial charge is 0.187 e. The molecule has 0 aliphatic rings. The molecule has 0 saturated carbocycles. The summed E-state index contributed by atoms with van der Waals surface area (Å²) in [6.07, 6.45) is 0. The normalized spacial score (nSPS) is 11.3. The molecular formula is C32H16N2O2. The lowest BCUT2D eigenvalue weighted by molar-refractivity contribution is 0.665. The van der Waals surface area contributed by atoms with Crippen molar-refractivity contribution in [2.45, 2.75) is 0 Å². The van der Waals surface area contributed by atoms with Gasteiger partial charge in [-0.05, 0) is 41.5 Å². The molecule has 0 unspecified atom stereocenters. The topological polar surface area (TPSA) is 54.4 Å². The lowest BCUT2D eigenvalue weighted by Gasteiger charge is -2.12. The molecule has 7 aromatic rings. The van der Waals surface area contributed by atoms with Crippen molar-refractivity contribution in [1.29, 1.82) is 5.26 Å². The van der Waals surface area contributed by atoms with Gasteiger partial charge in [0, 0.05) is 32.7 Å². The zero-order valence-electron chi connectivity index (χ0n) is 18.9. The van der Waals surface area contributed by atoms with Gasteiger partial charge in [-0.25, -0.2) is 4.85 Å². The second kappa shape index (κ2) is 7.60. The van der Waals surface area contributed by atoms with Gasteiger partial charge >= 0.3 is 0 Å². The SMILES string of the molecule is [C-]#[N+]c1cccc(-c2c3oc4ccccc4c3c(-c3cccc(C#N)c3)c3oc4ccccc4c23)c1. The summed E-state index contributed by atoms with van der Waals surface area (Å²) in [6, 6.07) is 33.4. The Hall–Kier alpha value is -5.32. The predicted octanol–water partition coefficient (Wildman–Crippen LogP) is 9.24. The van der Waals surface area contributed by atoms with Gasteiger partial charge in [0.15, 0.2) is 5.69 Å². The van der Waals surface area contributed by atoms with E-state index in [1.807, 2.05) is 84.9 Å². The van der Waals surface area contributed by atoms with Crippen molar-refractivity contribution in [1.82, 2.24) is 0 Å². The molecule has 0 bridgehead atoms. The fourth-order valence-electron chi connectivity index (χ4n) is 5.19. The first-order valence-corrected chi connectivity index (χ1v) is 11.5. The van der Waals surface area contributed by atoms with E-state index in [0.717, 1.165) is 66.1 Å². The highest BCUT2D eigenvalue weighted by Gasteiger charge is 2.26. The molecule has 0 aliphatic heterocycles. The molecule has 4 nitrogen and oxygen atoms in total. The number of furan rings is 2. The Balaban J connectivity index is 1.79. The van der Waals surface area contributed by atoms with Gasteiger partial charge in [-0.2, -0.15) is 5.26 Å². The molecule has 0 aliphatic carbocycles. The third-order valence-corrected chi connectivity index (χ3v) is 6.69.